The van der Waals surface area contributed by atoms with Gasteiger partial charge in [-0.2, -0.15) is 0 Å². The van der Waals surface area contributed by atoms with Crippen LogP contribution >= 0.6 is 0 Å². The third-order valence-corrected chi connectivity index (χ3v) is 5.06. The Balaban J connectivity index is 1.57. The molecule has 3 aromatic rings. The highest BCUT2D eigenvalue weighted by Gasteiger charge is 2.31. The zero-order valence-electron chi connectivity index (χ0n) is 18.8. The van der Waals surface area contributed by atoms with Gasteiger partial charge in [0.15, 0.2) is 5.75 Å². The Bertz CT molecular complexity index is 1260. The quantitative estimate of drug-likeness (QED) is 0.526. The Hall–Kier alpha value is -4.28. The van der Waals surface area contributed by atoms with Crippen LogP contribution in [-0.2, 0) is 4.79 Å². The zero-order chi connectivity index (χ0) is 25.2. The predicted molar refractivity (Wildman–Crippen MR) is 123 cm³/mol. The topological polar surface area (TPSA) is 92.8 Å². The van der Waals surface area contributed by atoms with Gasteiger partial charge in [0.2, 0.25) is 5.91 Å². The number of aromatic nitrogens is 1. The maximum absolute atomic E-state index is 13.0. The lowest BCUT2D eigenvalue weighted by Crippen LogP contribution is -2.31. The average Bonchev–Trinajstić information content (AvgIpc) is 2.78. The van der Waals surface area contributed by atoms with E-state index in [0.717, 1.165) is 17.7 Å². The molecule has 1 aromatic heterocycles. The summed E-state index contributed by atoms with van der Waals surface area (Å²) in [6.07, 6.45) is -3.24. The van der Waals surface area contributed by atoms with E-state index >= 15 is 0 Å². The Labute approximate surface area is 198 Å². The first-order valence-electron chi connectivity index (χ1n) is 10.6. The molecule has 0 aliphatic carbocycles. The van der Waals surface area contributed by atoms with Crippen molar-refractivity contribution in [1.29, 1.82) is 0 Å². The molecule has 0 spiro atoms. The van der Waals surface area contributed by atoms with E-state index in [0.29, 0.717) is 41.8 Å². The van der Waals surface area contributed by atoms with Crippen LogP contribution in [0.3, 0.4) is 0 Å². The summed E-state index contributed by atoms with van der Waals surface area (Å²) in [5, 5.41) is 5.36. The van der Waals surface area contributed by atoms with Crippen molar-refractivity contribution in [1.82, 2.24) is 4.98 Å². The van der Waals surface area contributed by atoms with Gasteiger partial charge >= 0.3 is 6.36 Å². The number of anilines is 4. The van der Waals surface area contributed by atoms with Crippen LogP contribution in [0.25, 0.3) is 0 Å². The number of carbonyl (C=O) groups excluding carboxylic acids is 2. The highest BCUT2D eigenvalue weighted by Crippen LogP contribution is 2.40. The van der Waals surface area contributed by atoms with E-state index in [1.165, 1.54) is 19.1 Å². The maximum Gasteiger partial charge on any atom is 0.573 e. The highest BCUT2D eigenvalue weighted by molar-refractivity contribution is 6.07. The summed E-state index contributed by atoms with van der Waals surface area (Å²) in [7, 11) is 0. The van der Waals surface area contributed by atoms with Crippen LogP contribution in [-0.4, -0.2) is 36.3 Å². The first-order chi connectivity index (χ1) is 16.6. The molecule has 35 heavy (non-hydrogen) atoms. The summed E-state index contributed by atoms with van der Waals surface area (Å²) >= 11 is 0. The molecule has 8 nitrogen and oxygen atoms in total. The Morgan fingerprint density at radius 2 is 1.83 bits per heavy atom. The van der Waals surface area contributed by atoms with Gasteiger partial charge in [-0.15, -0.1) is 13.2 Å². The fourth-order valence-electron chi connectivity index (χ4n) is 3.71. The molecule has 0 unspecified atom stereocenters. The number of amides is 2. The van der Waals surface area contributed by atoms with Crippen LogP contribution in [0.5, 0.6) is 11.5 Å². The van der Waals surface area contributed by atoms with Gasteiger partial charge in [0.05, 0.1) is 29.7 Å². The second kappa shape index (κ2) is 9.53. The van der Waals surface area contributed by atoms with Crippen LogP contribution in [0.4, 0.5) is 36.1 Å². The van der Waals surface area contributed by atoms with Crippen molar-refractivity contribution in [2.45, 2.75) is 20.2 Å². The number of halogens is 3. The summed E-state index contributed by atoms with van der Waals surface area (Å²) in [5.41, 5.74) is 2.59. The summed E-state index contributed by atoms with van der Waals surface area (Å²) in [5.74, 6) is -0.0615. The number of hydrogen-bond donors (Lipinski definition) is 2. The Morgan fingerprint density at radius 3 is 2.49 bits per heavy atom. The number of nitrogens with one attached hydrogen (secondary N) is 2. The molecule has 4 rings (SSSR count). The standard InChI is InChI=1S/C24H21F3N4O4/c1-14-12-17(29-15(2)32)13-28-22(14)31-10-11-34-21-19(4-3-5-20(21)31)23(33)30-16-6-8-18(9-7-16)35-24(25,26)27/h3-9,12-13H,10-11H2,1-2H3,(H,29,32)(H,30,33). The van der Waals surface area contributed by atoms with Gasteiger partial charge in [-0.1, -0.05) is 6.07 Å². The molecule has 182 valence electrons. The fraction of sp³-hybridized carbons (Fsp3) is 0.208. The first-order valence-corrected chi connectivity index (χ1v) is 10.6. The highest BCUT2D eigenvalue weighted by atomic mass is 19.4. The van der Waals surface area contributed by atoms with Crippen molar-refractivity contribution in [2.24, 2.45) is 0 Å². The molecule has 0 saturated heterocycles. The molecule has 2 N–H and O–H groups in total. The van der Waals surface area contributed by atoms with Gasteiger partial charge < -0.3 is 25.0 Å². The number of nitrogens with zero attached hydrogens (tertiary/aromatic N) is 2. The second-order valence-electron chi connectivity index (χ2n) is 7.73. The summed E-state index contributed by atoms with van der Waals surface area (Å²) in [4.78, 5) is 30.7. The van der Waals surface area contributed by atoms with E-state index in [-0.39, 0.29) is 17.2 Å². The largest absolute Gasteiger partial charge is 0.573 e. The second-order valence-corrected chi connectivity index (χ2v) is 7.73. The molecule has 11 heteroatoms. The normalized spacial score (nSPS) is 12.9. The lowest BCUT2D eigenvalue weighted by atomic mass is 10.1. The number of benzene rings is 2. The van der Waals surface area contributed by atoms with Crippen molar-refractivity contribution in [3.63, 3.8) is 0 Å². The first kappa shape index (κ1) is 23.9. The van der Waals surface area contributed by atoms with Crippen LogP contribution in [0.1, 0.15) is 22.8 Å². The van der Waals surface area contributed by atoms with Gasteiger partial charge in [0, 0.05) is 12.6 Å². The maximum atomic E-state index is 13.0. The van der Waals surface area contributed by atoms with Crippen molar-refractivity contribution >= 4 is 34.7 Å². The van der Waals surface area contributed by atoms with Gasteiger partial charge in [-0.05, 0) is 55.0 Å². The van der Waals surface area contributed by atoms with Crippen LogP contribution in [0.15, 0.2) is 54.7 Å². The molecule has 1 aliphatic heterocycles. The fourth-order valence-corrected chi connectivity index (χ4v) is 3.71. The summed E-state index contributed by atoms with van der Waals surface area (Å²) in [6, 6.07) is 11.8. The molecule has 1 aliphatic rings. The average molecular weight is 486 g/mol. The van der Waals surface area contributed by atoms with Gasteiger partial charge in [-0.25, -0.2) is 4.98 Å². The third kappa shape index (κ3) is 5.62. The van der Waals surface area contributed by atoms with Crippen molar-refractivity contribution in [2.75, 3.05) is 28.7 Å². The molecule has 0 bridgehead atoms. The van der Waals surface area contributed by atoms with E-state index in [9.17, 15) is 22.8 Å². The van der Waals surface area contributed by atoms with Crippen LogP contribution < -0.4 is 25.0 Å². The van der Waals surface area contributed by atoms with E-state index in [1.807, 2.05) is 17.9 Å². The SMILES string of the molecule is CC(=O)Nc1cnc(N2CCOc3c(C(=O)Nc4ccc(OC(F)(F)F)cc4)cccc32)c(C)c1. The summed E-state index contributed by atoms with van der Waals surface area (Å²) in [6.45, 7) is 4.08. The molecule has 2 aromatic carbocycles. The molecule has 0 radical (unpaired) electrons. The van der Waals surface area contributed by atoms with E-state index < -0.39 is 12.3 Å². The monoisotopic (exact) mass is 486 g/mol. The minimum Gasteiger partial charge on any atom is -0.489 e. The number of carbonyl (C=O) groups is 2. The molecule has 0 fully saturated rings. The lowest BCUT2D eigenvalue weighted by molar-refractivity contribution is -0.274. The third-order valence-electron chi connectivity index (χ3n) is 5.06. The minimum absolute atomic E-state index is 0.200. The van der Waals surface area contributed by atoms with Gasteiger partial charge in [0.25, 0.3) is 5.91 Å². The number of hydrogen-bond acceptors (Lipinski definition) is 6. The minimum atomic E-state index is -4.80. The van der Waals surface area contributed by atoms with E-state index in [4.69, 9.17) is 4.74 Å². The van der Waals surface area contributed by atoms with Crippen molar-refractivity contribution < 1.29 is 32.2 Å². The van der Waals surface area contributed by atoms with E-state index in [1.54, 1.807) is 24.4 Å². The Kier molecular flexibility index (Phi) is 6.50. The molecular weight excluding hydrogens is 465 g/mol. The summed E-state index contributed by atoms with van der Waals surface area (Å²) < 4.78 is 46.7. The number of pyridine rings is 1. The van der Waals surface area contributed by atoms with Gasteiger partial charge in [-0.3, -0.25) is 9.59 Å². The number of aryl methyl sites for hydroxylation is 1. The number of ether oxygens (including phenoxy) is 2. The van der Waals surface area contributed by atoms with E-state index in [2.05, 4.69) is 20.4 Å². The number of rotatable bonds is 5. The smallest absolute Gasteiger partial charge is 0.489 e. The molecular formula is C24H21F3N4O4. The van der Waals surface area contributed by atoms with Crippen LogP contribution in [0.2, 0.25) is 0 Å². The Morgan fingerprint density at radius 1 is 1.09 bits per heavy atom. The molecule has 2 heterocycles. The molecule has 0 atom stereocenters. The zero-order valence-corrected chi connectivity index (χ0v) is 18.8. The van der Waals surface area contributed by atoms with Crippen LogP contribution in [0, 0.1) is 6.92 Å². The van der Waals surface area contributed by atoms with Crippen molar-refractivity contribution in [3.05, 3.63) is 65.9 Å². The van der Waals surface area contributed by atoms with Gasteiger partial charge in [0.1, 0.15) is 18.2 Å². The molecule has 2 amide bonds. The predicted octanol–water partition coefficient (Wildman–Crippen LogP) is 5.03. The molecule has 0 saturated carbocycles. The number of fused-ring (bicyclic) bond motifs is 1. The number of para-hydroxylation sites is 1. The number of alkyl halides is 3. The van der Waals surface area contributed by atoms with Crippen molar-refractivity contribution in [3.8, 4) is 11.5 Å². The lowest BCUT2D eigenvalue weighted by Gasteiger charge is -2.32.